The van der Waals surface area contributed by atoms with Crippen LogP contribution in [0.1, 0.15) is 59.9 Å². The molecule has 1 aliphatic carbocycles. The molecular weight excluding hydrogens is 258 g/mol. The van der Waals surface area contributed by atoms with Crippen LogP contribution in [0.4, 0.5) is 0 Å². The molecule has 0 fully saturated rings. The molecule has 1 aliphatic rings. The van der Waals surface area contributed by atoms with Crippen molar-refractivity contribution in [1.29, 1.82) is 0 Å². The first-order chi connectivity index (χ1) is 9.99. The number of ketones is 1. The number of Topliss-reactive ketones (excluding diaryl/α,β-unsaturated/α-hetero) is 1. The zero-order chi connectivity index (χ0) is 15.1. The van der Waals surface area contributed by atoms with Crippen LogP contribution in [-0.2, 0) is 6.42 Å². The summed E-state index contributed by atoms with van der Waals surface area (Å²) < 4.78 is 2.37. The Bertz CT molecular complexity index is 707. The van der Waals surface area contributed by atoms with Crippen LogP contribution in [-0.4, -0.2) is 10.4 Å². The summed E-state index contributed by atoms with van der Waals surface area (Å²) in [5.41, 5.74) is 7.18. The number of carbonyl (C=O) groups excluding carboxylic acids is 1. The van der Waals surface area contributed by atoms with Crippen LogP contribution >= 0.6 is 0 Å². The number of fused-ring (bicyclic) bond motifs is 1. The summed E-state index contributed by atoms with van der Waals surface area (Å²) in [6, 6.07) is 9.05. The molecule has 3 rings (SSSR count). The molecule has 0 atom stereocenters. The van der Waals surface area contributed by atoms with Crippen LogP contribution in [0.5, 0.6) is 0 Å². The van der Waals surface area contributed by atoms with Gasteiger partial charge in [-0.05, 0) is 52.2 Å². The summed E-state index contributed by atoms with van der Waals surface area (Å²) in [5.74, 6) is 0.307. The van der Waals surface area contributed by atoms with Gasteiger partial charge >= 0.3 is 0 Å². The highest BCUT2D eigenvalue weighted by molar-refractivity contribution is 5.99. The molecule has 0 aliphatic heterocycles. The first-order valence-electron chi connectivity index (χ1n) is 7.84. The molecule has 1 aromatic carbocycles. The van der Waals surface area contributed by atoms with E-state index in [2.05, 4.69) is 56.5 Å². The van der Waals surface area contributed by atoms with Gasteiger partial charge in [0, 0.05) is 35.0 Å². The van der Waals surface area contributed by atoms with Gasteiger partial charge in [-0.1, -0.05) is 23.8 Å². The van der Waals surface area contributed by atoms with E-state index in [4.69, 9.17) is 0 Å². The smallest absolute Gasteiger partial charge is 0.164 e. The molecule has 0 saturated carbocycles. The fourth-order valence-electron chi connectivity index (χ4n) is 3.51. The number of nitrogens with zero attached hydrogens (tertiary/aromatic N) is 1. The second kappa shape index (κ2) is 5.18. The van der Waals surface area contributed by atoms with Crippen LogP contribution in [0.25, 0.3) is 11.3 Å². The highest BCUT2D eigenvalue weighted by Crippen LogP contribution is 2.35. The molecule has 2 nitrogen and oxygen atoms in total. The van der Waals surface area contributed by atoms with E-state index in [1.54, 1.807) is 0 Å². The lowest BCUT2D eigenvalue weighted by molar-refractivity contribution is 0.0971. The molecule has 1 heterocycles. The summed E-state index contributed by atoms with van der Waals surface area (Å²) in [6.07, 6.45) is 2.69. The summed E-state index contributed by atoms with van der Waals surface area (Å²) in [7, 11) is 0. The Hall–Kier alpha value is -1.83. The van der Waals surface area contributed by atoms with E-state index >= 15 is 0 Å². The Morgan fingerprint density at radius 1 is 1.05 bits per heavy atom. The molecule has 2 heteroatoms. The van der Waals surface area contributed by atoms with Gasteiger partial charge in [-0.3, -0.25) is 4.79 Å². The molecule has 2 aromatic rings. The van der Waals surface area contributed by atoms with Crippen molar-refractivity contribution < 1.29 is 4.79 Å². The molecule has 0 radical (unpaired) electrons. The number of rotatable bonds is 2. The van der Waals surface area contributed by atoms with Gasteiger partial charge in [0.1, 0.15) is 0 Å². The van der Waals surface area contributed by atoms with E-state index in [0.717, 1.165) is 18.4 Å². The fraction of sp³-hybridized carbons (Fsp3) is 0.421. The van der Waals surface area contributed by atoms with Crippen molar-refractivity contribution in [3.63, 3.8) is 0 Å². The average molecular weight is 281 g/mol. The maximum atomic E-state index is 12.2. The van der Waals surface area contributed by atoms with E-state index in [0.29, 0.717) is 18.2 Å². The summed E-state index contributed by atoms with van der Waals surface area (Å²) in [5, 5.41) is 0. The SMILES string of the molecule is Cc1ccc(-c2cc3c(n2C(C)C)CCCC3=O)c(C)c1. The number of carbonyl (C=O) groups is 1. The quantitative estimate of drug-likeness (QED) is 0.769. The average Bonchev–Trinajstić information content (AvgIpc) is 2.79. The van der Waals surface area contributed by atoms with Gasteiger partial charge in [-0.15, -0.1) is 0 Å². The lowest BCUT2D eigenvalue weighted by Crippen LogP contribution is -2.14. The van der Waals surface area contributed by atoms with Crippen molar-refractivity contribution in [3.05, 3.63) is 46.6 Å². The molecule has 0 N–H and O–H groups in total. The molecule has 1 aromatic heterocycles. The first-order valence-corrected chi connectivity index (χ1v) is 7.84. The summed E-state index contributed by atoms with van der Waals surface area (Å²) in [4.78, 5) is 12.2. The molecule has 0 spiro atoms. The summed E-state index contributed by atoms with van der Waals surface area (Å²) in [6.45, 7) is 8.67. The molecule has 0 bridgehead atoms. The van der Waals surface area contributed by atoms with Crippen LogP contribution in [0.15, 0.2) is 24.3 Å². The molecule has 0 saturated heterocycles. The van der Waals surface area contributed by atoms with Crippen LogP contribution in [0.3, 0.4) is 0 Å². The van der Waals surface area contributed by atoms with E-state index in [1.165, 1.54) is 28.1 Å². The molecule has 0 unspecified atom stereocenters. The monoisotopic (exact) mass is 281 g/mol. The van der Waals surface area contributed by atoms with Crippen molar-refractivity contribution >= 4 is 5.78 Å². The Morgan fingerprint density at radius 3 is 2.48 bits per heavy atom. The Morgan fingerprint density at radius 2 is 1.81 bits per heavy atom. The zero-order valence-corrected chi connectivity index (χ0v) is 13.4. The van der Waals surface area contributed by atoms with Crippen molar-refractivity contribution in [3.8, 4) is 11.3 Å². The lowest BCUT2D eigenvalue weighted by atomic mass is 9.96. The third kappa shape index (κ3) is 2.33. The third-order valence-corrected chi connectivity index (χ3v) is 4.43. The van der Waals surface area contributed by atoms with E-state index in [1.807, 2.05) is 0 Å². The number of aromatic nitrogens is 1. The second-order valence-corrected chi connectivity index (χ2v) is 6.45. The lowest BCUT2D eigenvalue weighted by Gasteiger charge is -2.20. The maximum Gasteiger partial charge on any atom is 0.164 e. The zero-order valence-electron chi connectivity index (χ0n) is 13.4. The van der Waals surface area contributed by atoms with E-state index in [9.17, 15) is 4.79 Å². The predicted octanol–water partition coefficient (Wildman–Crippen LogP) is 4.87. The maximum absolute atomic E-state index is 12.2. The topological polar surface area (TPSA) is 22.0 Å². The fourth-order valence-corrected chi connectivity index (χ4v) is 3.51. The highest BCUT2D eigenvalue weighted by Gasteiger charge is 2.25. The van der Waals surface area contributed by atoms with Gasteiger partial charge in [0.15, 0.2) is 5.78 Å². The van der Waals surface area contributed by atoms with Crippen LogP contribution in [0, 0.1) is 13.8 Å². The molecule has 110 valence electrons. The van der Waals surface area contributed by atoms with Crippen LogP contribution in [0.2, 0.25) is 0 Å². The standard InChI is InChI=1S/C19H23NO/c1-12(2)20-17-6-5-7-19(21)16(17)11-18(20)15-9-8-13(3)10-14(15)4/h8-12H,5-7H2,1-4H3. The Kier molecular flexibility index (Phi) is 3.48. The normalized spacial score (nSPS) is 14.6. The van der Waals surface area contributed by atoms with Gasteiger partial charge in [0.05, 0.1) is 0 Å². The Balaban J connectivity index is 2.25. The minimum absolute atomic E-state index is 0.307. The third-order valence-electron chi connectivity index (χ3n) is 4.43. The summed E-state index contributed by atoms with van der Waals surface area (Å²) >= 11 is 0. The second-order valence-electron chi connectivity index (χ2n) is 6.45. The van der Waals surface area contributed by atoms with Crippen molar-refractivity contribution in [2.45, 2.75) is 53.0 Å². The largest absolute Gasteiger partial charge is 0.341 e. The van der Waals surface area contributed by atoms with Gasteiger partial charge in [-0.2, -0.15) is 0 Å². The number of hydrogen-bond donors (Lipinski definition) is 0. The van der Waals surface area contributed by atoms with Crippen molar-refractivity contribution in [1.82, 2.24) is 4.57 Å². The number of benzene rings is 1. The minimum atomic E-state index is 0.307. The Labute approximate surface area is 126 Å². The predicted molar refractivity (Wildman–Crippen MR) is 87.0 cm³/mol. The van der Waals surface area contributed by atoms with Gasteiger partial charge in [0.25, 0.3) is 0 Å². The highest BCUT2D eigenvalue weighted by atomic mass is 16.1. The van der Waals surface area contributed by atoms with Crippen molar-refractivity contribution in [2.24, 2.45) is 0 Å². The molecule has 21 heavy (non-hydrogen) atoms. The van der Waals surface area contributed by atoms with Gasteiger partial charge in [0.2, 0.25) is 0 Å². The molecule has 0 amide bonds. The van der Waals surface area contributed by atoms with E-state index < -0.39 is 0 Å². The van der Waals surface area contributed by atoms with Gasteiger partial charge in [-0.25, -0.2) is 0 Å². The van der Waals surface area contributed by atoms with E-state index in [-0.39, 0.29) is 0 Å². The molecular formula is C19H23NO. The van der Waals surface area contributed by atoms with Gasteiger partial charge < -0.3 is 4.57 Å². The van der Waals surface area contributed by atoms with Crippen molar-refractivity contribution in [2.75, 3.05) is 0 Å². The van der Waals surface area contributed by atoms with Crippen LogP contribution < -0.4 is 0 Å². The first kappa shape index (κ1) is 14.1. The number of hydrogen-bond acceptors (Lipinski definition) is 1. The minimum Gasteiger partial charge on any atom is -0.341 e. The number of aryl methyl sites for hydroxylation is 2.